The lowest BCUT2D eigenvalue weighted by molar-refractivity contribution is 0.229. The van der Waals surface area contributed by atoms with Crippen LogP contribution in [0.2, 0.25) is 0 Å². The maximum atomic E-state index is 2.48. The Kier molecular flexibility index (Phi) is 7.22. The predicted molar refractivity (Wildman–Crippen MR) is 117 cm³/mol. The highest BCUT2D eigenvalue weighted by atomic mass is 14.4. The van der Waals surface area contributed by atoms with Crippen LogP contribution in [-0.4, -0.2) is 0 Å². The molecule has 1 aromatic carbocycles. The third-order valence-corrected chi connectivity index (χ3v) is 4.95. The summed E-state index contributed by atoms with van der Waals surface area (Å²) in [5, 5.41) is 0. The maximum absolute atomic E-state index is 2.48. The van der Waals surface area contributed by atoms with E-state index in [0.717, 1.165) is 0 Å². The van der Waals surface area contributed by atoms with Gasteiger partial charge in [0.05, 0.1) is 0 Å². The van der Waals surface area contributed by atoms with E-state index in [2.05, 4.69) is 101 Å². The van der Waals surface area contributed by atoms with Gasteiger partial charge in [-0.3, -0.25) is 0 Å². The van der Waals surface area contributed by atoms with E-state index in [4.69, 9.17) is 0 Å². The number of rotatable bonds is 2. The molecule has 0 aliphatic rings. The quantitative estimate of drug-likeness (QED) is 0.503. The molecule has 1 atom stereocenters. The number of hydrogen-bond donors (Lipinski definition) is 0. The normalized spacial score (nSPS) is 14.9. The van der Waals surface area contributed by atoms with Gasteiger partial charge in [0.2, 0.25) is 0 Å². The zero-order chi connectivity index (χ0) is 19.1. The Morgan fingerprint density at radius 2 is 1.00 bits per heavy atom. The van der Waals surface area contributed by atoms with Crippen LogP contribution in [0.1, 0.15) is 120 Å². The Bertz CT molecular complexity index is 515. The fourth-order valence-corrected chi connectivity index (χ4v) is 3.26. The van der Waals surface area contributed by atoms with E-state index < -0.39 is 0 Å². The molecule has 0 N–H and O–H groups in total. The minimum Gasteiger partial charge on any atom is -0.0776 e. The molecule has 146 valence electrons. The Balaban J connectivity index is 0.00000576. The fourth-order valence-electron chi connectivity index (χ4n) is 3.26. The highest BCUT2D eigenvalue weighted by Crippen LogP contribution is 2.45. The summed E-state index contributed by atoms with van der Waals surface area (Å²) in [5.74, 6) is 0.570. The first kappa shape index (κ1) is 24.2. The van der Waals surface area contributed by atoms with Crippen LogP contribution in [0.4, 0.5) is 0 Å². The van der Waals surface area contributed by atoms with Crippen molar-refractivity contribution in [3.63, 3.8) is 0 Å². The largest absolute Gasteiger partial charge is 0.0776 e. The van der Waals surface area contributed by atoms with Crippen molar-refractivity contribution in [1.29, 1.82) is 0 Å². The minimum absolute atomic E-state index is 0. The molecule has 1 unspecified atom stereocenters. The Hall–Kier alpha value is -0.780. The van der Waals surface area contributed by atoms with Gasteiger partial charge in [-0.2, -0.15) is 0 Å². The predicted octanol–water partition coefficient (Wildman–Crippen LogP) is 8.48. The van der Waals surface area contributed by atoms with Crippen molar-refractivity contribution in [2.75, 3.05) is 0 Å². The van der Waals surface area contributed by atoms with Crippen LogP contribution < -0.4 is 0 Å². The molecule has 1 rings (SSSR count). The molecular weight excluding hydrogens is 300 g/mol. The molecule has 0 nitrogen and oxygen atoms in total. The summed E-state index contributed by atoms with van der Waals surface area (Å²) in [6.07, 6.45) is 1.22. The molecule has 0 heterocycles. The first-order valence-corrected chi connectivity index (χ1v) is 9.57. The fraction of sp³-hybridized carbons (Fsp3) is 0.760. The van der Waals surface area contributed by atoms with Gasteiger partial charge in [0, 0.05) is 0 Å². The van der Waals surface area contributed by atoms with Gasteiger partial charge in [-0.1, -0.05) is 109 Å². The van der Waals surface area contributed by atoms with Crippen LogP contribution in [0.15, 0.2) is 18.2 Å². The summed E-state index contributed by atoms with van der Waals surface area (Å²) in [4.78, 5) is 0. The van der Waals surface area contributed by atoms with Gasteiger partial charge < -0.3 is 0 Å². The monoisotopic (exact) mass is 346 g/mol. The summed E-state index contributed by atoms with van der Waals surface area (Å²) >= 11 is 0. The van der Waals surface area contributed by atoms with Gasteiger partial charge in [0.15, 0.2) is 0 Å². The van der Waals surface area contributed by atoms with Crippen molar-refractivity contribution in [2.24, 2.45) is 10.8 Å². The lowest BCUT2D eigenvalue weighted by Gasteiger charge is -2.38. The SMILES string of the molecule is C.CC(C)(C)CC(c1cc(C(C)(C)C)cc(C(C)(C)C)c1)C(C)(C)C. The van der Waals surface area contributed by atoms with E-state index >= 15 is 0 Å². The maximum Gasteiger partial charge on any atom is -0.0108 e. The summed E-state index contributed by atoms with van der Waals surface area (Å²) < 4.78 is 0. The van der Waals surface area contributed by atoms with E-state index in [9.17, 15) is 0 Å². The zero-order valence-corrected chi connectivity index (χ0v) is 18.5. The molecule has 0 spiro atoms. The molecule has 0 fully saturated rings. The summed E-state index contributed by atoms with van der Waals surface area (Å²) in [6.45, 7) is 28.2. The van der Waals surface area contributed by atoms with Crippen molar-refractivity contribution in [3.05, 3.63) is 34.9 Å². The molecule has 0 amide bonds. The topological polar surface area (TPSA) is 0 Å². The van der Waals surface area contributed by atoms with Crippen molar-refractivity contribution < 1.29 is 0 Å². The highest BCUT2D eigenvalue weighted by molar-refractivity contribution is 5.39. The van der Waals surface area contributed by atoms with E-state index in [0.29, 0.717) is 11.3 Å². The molecule has 1 aromatic rings. The van der Waals surface area contributed by atoms with Crippen molar-refractivity contribution in [1.82, 2.24) is 0 Å². The molecule has 0 aromatic heterocycles. The average molecular weight is 347 g/mol. The molecule has 25 heavy (non-hydrogen) atoms. The average Bonchev–Trinajstić information content (AvgIpc) is 2.31. The van der Waals surface area contributed by atoms with Crippen LogP contribution in [0, 0.1) is 10.8 Å². The molecular formula is C25H46. The third kappa shape index (κ3) is 7.16. The van der Waals surface area contributed by atoms with E-state index in [1.165, 1.54) is 23.1 Å². The first-order valence-electron chi connectivity index (χ1n) is 9.57. The number of benzene rings is 1. The second kappa shape index (κ2) is 7.45. The Morgan fingerprint density at radius 1 is 0.640 bits per heavy atom. The Morgan fingerprint density at radius 3 is 1.24 bits per heavy atom. The zero-order valence-electron chi connectivity index (χ0n) is 18.5. The molecule has 0 heteroatoms. The van der Waals surface area contributed by atoms with Crippen LogP contribution in [0.25, 0.3) is 0 Å². The lowest BCUT2D eigenvalue weighted by atomic mass is 9.67. The van der Waals surface area contributed by atoms with Crippen molar-refractivity contribution in [3.8, 4) is 0 Å². The molecule has 0 aliphatic carbocycles. The van der Waals surface area contributed by atoms with Gasteiger partial charge >= 0.3 is 0 Å². The van der Waals surface area contributed by atoms with Crippen LogP contribution >= 0.6 is 0 Å². The second-order valence-corrected chi connectivity index (χ2v) is 12.0. The number of hydrogen-bond acceptors (Lipinski definition) is 0. The molecule has 0 saturated carbocycles. The summed E-state index contributed by atoms with van der Waals surface area (Å²) in [6, 6.07) is 7.40. The van der Waals surface area contributed by atoms with Gasteiger partial charge in [0.1, 0.15) is 0 Å². The van der Waals surface area contributed by atoms with E-state index in [-0.39, 0.29) is 23.7 Å². The van der Waals surface area contributed by atoms with Gasteiger partial charge in [-0.25, -0.2) is 0 Å². The lowest BCUT2D eigenvalue weighted by Crippen LogP contribution is -2.25. The molecule has 0 saturated heterocycles. The Labute approximate surface area is 159 Å². The van der Waals surface area contributed by atoms with Crippen molar-refractivity contribution in [2.45, 2.75) is 114 Å². The highest BCUT2D eigenvalue weighted by Gasteiger charge is 2.32. The molecule has 0 aliphatic heterocycles. The van der Waals surface area contributed by atoms with Crippen LogP contribution in [0.3, 0.4) is 0 Å². The van der Waals surface area contributed by atoms with Gasteiger partial charge in [0.25, 0.3) is 0 Å². The van der Waals surface area contributed by atoms with Crippen molar-refractivity contribution >= 4 is 0 Å². The van der Waals surface area contributed by atoms with E-state index in [1.807, 2.05) is 0 Å². The molecule has 0 radical (unpaired) electrons. The standard InChI is InChI=1S/C24H42.CH4/c1-21(2,3)16-20(24(10,11)12)17-13-18(22(4,5)6)15-19(14-17)23(7,8)9;/h13-15,20H,16H2,1-12H3;1H4. The smallest absolute Gasteiger partial charge is 0.0108 e. The van der Waals surface area contributed by atoms with E-state index in [1.54, 1.807) is 0 Å². The third-order valence-electron chi connectivity index (χ3n) is 4.95. The van der Waals surface area contributed by atoms with Gasteiger partial charge in [-0.15, -0.1) is 0 Å². The van der Waals surface area contributed by atoms with Gasteiger partial charge in [-0.05, 0) is 50.7 Å². The molecule has 0 bridgehead atoms. The van der Waals surface area contributed by atoms with Crippen LogP contribution in [0.5, 0.6) is 0 Å². The first-order chi connectivity index (χ1) is 10.4. The van der Waals surface area contributed by atoms with Crippen LogP contribution in [-0.2, 0) is 10.8 Å². The second-order valence-electron chi connectivity index (χ2n) is 12.0. The summed E-state index contributed by atoms with van der Waals surface area (Å²) in [7, 11) is 0. The minimum atomic E-state index is 0. The summed E-state index contributed by atoms with van der Waals surface area (Å²) in [5.41, 5.74) is 5.41.